The number of fused-ring (bicyclic) bond motifs is 1. The maximum Gasteiger partial charge on any atom is 0.233 e. The van der Waals surface area contributed by atoms with Gasteiger partial charge in [-0.25, -0.2) is 9.97 Å². The number of aromatic nitrogens is 3. The topological polar surface area (TPSA) is 56.2 Å². The molecule has 0 atom stereocenters. The third-order valence-corrected chi connectivity index (χ3v) is 1.97. The first-order valence-electron chi connectivity index (χ1n) is 4.30. The normalized spacial score (nSPS) is 10.9. The zero-order valence-electron chi connectivity index (χ0n) is 7.57. The number of rotatable bonds is 2. The lowest BCUT2D eigenvalue weighted by Gasteiger charge is -1.99. The summed E-state index contributed by atoms with van der Waals surface area (Å²) in [4.78, 5) is 8.37. The van der Waals surface area contributed by atoms with Gasteiger partial charge in [-0.3, -0.25) is 4.40 Å². The van der Waals surface area contributed by atoms with E-state index in [2.05, 4.69) is 9.97 Å². The van der Waals surface area contributed by atoms with E-state index in [-0.39, 0.29) is 0 Å². The lowest BCUT2D eigenvalue weighted by Crippen LogP contribution is -2.05. The molecule has 4 heteroatoms. The quantitative estimate of drug-likeness (QED) is 0.726. The van der Waals surface area contributed by atoms with Gasteiger partial charge in [0.05, 0.1) is 6.20 Å². The fraction of sp³-hybridized carbons (Fsp3) is 0.333. The molecule has 0 aliphatic heterocycles. The van der Waals surface area contributed by atoms with E-state index in [9.17, 15) is 0 Å². The molecule has 4 nitrogen and oxygen atoms in total. The van der Waals surface area contributed by atoms with Crippen LogP contribution in [-0.4, -0.2) is 20.9 Å². The van der Waals surface area contributed by atoms with Crippen LogP contribution in [0.25, 0.3) is 5.78 Å². The lowest BCUT2D eigenvalue weighted by molar-refractivity contribution is 0.895. The fourth-order valence-electron chi connectivity index (χ4n) is 1.35. The van der Waals surface area contributed by atoms with Crippen molar-refractivity contribution >= 4 is 5.78 Å². The van der Waals surface area contributed by atoms with E-state index in [1.807, 2.05) is 29.9 Å². The predicted octanol–water partition coefficient (Wildman–Crippen LogP) is 0.539. The van der Waals surface area contributed by atoms with Gasteiger partial charge in [-0.1, -0.05) is 0 Å². The van der Waals surface area contributed by atoms with Gasteiger partial charge in [0.1, 0.15) is 0 Å². The molecule has 0 spiro atoms. The maximum atomic E-state index is 5.49. The Hall–Kier alpha value is -1.42. The van der Waals surface area contributed by atoms with Crippen molar-refractivity contribution in [2.75, 3.05) is 6.54 Å². The van der Waals surface area contributed by atoms with Gasteiger partial charge in [0.25, 0.3) is 0 Å². The molecule has 0 radical (unpaired) electrons. The summed E-state index contributed by atoms with van der Waals surface area (Å²) in [6.07, 6.45) is 6.51. The number of nitrogens with zero attached hydrogens (tertiary/aromatic N) is 3. The SMILES string of the molecule is Cc1cnc2ncc(CCN)n2c1. The molecule has 0 amide bonds. The molecule has 0 unspecified atom stereocenters. The third kappa shape index (κ3) is 1.40. The molecule has 0 saturated carbocycles. The van der Waals surface area contributed by atoms with Crippen molar-refractivity contribution in [1.29, 1.82) is 0 Å². The highest BCUT2D eigenvalue weighted by atomic mass is 15.1. The molecular formula is C9H12N4. The summed E-state index contributed by atoms with van der Waals surface area (Å²) in [7, 11) is 0. The van der Waals surface area contributed by atoms with Gasteiger partial charge in [-0.15, -0.1) is 0 Å². The lowest BCUT2D eigenvalue weighted by atomic mass is 10.3. The van der Waals surface area contributed by atoms with Crippen LogP contribution < -0.4 is 5.73 Å². The van der Waals surface area contributed by atoms with Gasteiger partial charge >= 0.3 is 0 Å². The summed E-state index contributed by atoms with van der Waals surface area (Å²) in [6.45, 7) is 2.65. The molecule has 0 fully saturated rings. The molecule has 68 valence electrons. The number of hydrogen-bond donors (Lipinski definition) is 1. The van der Waals surface area contributed by atoms with Crippen LogP contribution in [0.5, 0.6) is 0 Å². The van der Waals surface area contributed by atoms with Crippen molar-refractivity contribution in [3.05, 3.63) is 29.8 Å². The van der Waals surface area contributed by atoms with E-state index in [1.165, 1.54) is 0 Å². The molecule has 13 heavy (non-hydrogen) atoms. The molecule has 2 rings (SSSR count). The minimum absolute atomic E-state index is 0.641. The molecule has 2 aromatic rings. The smallest absolute Gasteiger partial charge is 0.233 e. The fourth-order valence-corrected chi connectivity index (χ4v) is 1.35. The van der Waals surface area contributed by atoms with Crippen LogP contribution in [0.1, 0.15) is 11.3 Å². The van der Waals surface area contributed by atoms with Crippen LogP contribution in [-0.2, 0) is 6.42 Å². The van der Waals surface area contributed by atoms with Crippen molar-refractivity contribution in [3.8, 4) is 0 Å². The standard InChI is InChI=1S/C9H12N4/c1-7-4-11-9-12-5-8(2-3-10)13(9)6-7/h4-6H,2-3,10H2,1H3. The molecule has 0 aromatic carbocycles. The summed E-state index contributed by atoms with van der Waals surface area (Å²) in [5.41, 5.74) is 7.73. The van der Waals surface area contributed by atoms with Crippen LogP contribution in [0.2, 0.25) is 0 Å². The Kier molecular flexibility index (Phi) is 1.98. The Morgan fingerprint density at radius 1 is 1.38 bits per heavy atom. The van der Waals surface area contributed by atoms with Crippen LogP contribution in [0.4, 0.5) is 0 Å². The van der Waals surface area contributed by atoms with Gasteiger partial charge in [0, 0.05) is 24.5 Å². The first kappa shape index (κ1) is 8.19. The monoisotopic (exact) mass is 176 g/mol. The van der Waals surface area contributed by atoms with Gasteiger partial charge in [0.2, 0.25) is 5.78 Å². The average molecular weight is 176 g/mol. The first-order valence-corrected chi connectivity index (χ1v) is 4.30. The highest BCUT2D eigenvalue weighted by Gasteiger charge is 2.02. The van der Waals surface area contributed by atoms with Crippen LogP contribution >= 0.6 is 0 Å². The van der Waals surface area contributed by atoms with Crippen molar-refractivity contribution in [2.24, 2.45) is 5.73 Å². The predicted molar refractivity (Wildman–Crippen MR) is 50.5 cm³/mol. The number of hydrogen-bond acceptors (Lipinski definition) is 3. The summed E-state index contributed by atoms with van der Waals surface area (Å²) in [5.74, 6) is 0.744. The zero-order chi connectivity index (χ0) is 9.26. The highest BCUT2D eigenvalue weighted by Crippen LogP contribution is 2.05. The zero-order valence-corrected chi connectivity index (χ0v) is 7.57. The Balaban J connectivity index is 2.58. The summed E-state index contributed by atoms with van der Waals surface area (Å²) >= 11 is 0. The van der Waals surface area contributed by atoms with Gasteiger partial charge < -0.3 is 5.73 Å². The van der Waals surface area contributed by atoms with Crippen LogP contribution in [0, 0.1) is 6.92 Å². The largest absolute Gasteiger partial charge is 0.330 e. The Morgan fingerprint density at radius 2 is 2.15 bits per heavy atom. The van der Waals surface area contributed by atoms with Crippen molar-refractivity contribution in [2.45, 2.75) is 13.3 Å². The first-order chi connectivity index (χ1) is 6.31. The van der Waals surface area contributed by atoms with Gasteiger partial charge in [-0.2, -0.15) is 0 Å². The molecule has 0 aliphatic carbocycles. The second-order valence-corrected chi connectivity index (χ2v) is 3.09. The van der Waals surface area contributed by atoms with E-state index in [0.717, 1.165) is 23.5 Å². The number of aryl methyl sites for hydroxylation is 1. The van der Waals surface area contributed by atoms with Crippen LogP contribution in [0.3, 0.4) is 0 Å². The van der Waals surface area contributed by atoms with Crippen molar-refractivity contribution < 1.29 is 0 Å². The molecule has 2 aromatic heterocycles. The van der Waals surface area contributed by atoms with E-state index in [0.29, 0.717) is 6.54 Å². The highest BCUT2D eigenvalue weighted by molar-refractivity contribution is 5.32. The summed E-state index contributed by atoms with van der Waals surface area (Å²) in [6, 6.07) is 0. The molecule has 0 aliphatic rings. The molecular weight excluding hydrogens is 164 g/mol. The number of imidazole rings is 1. The van der Waals surface area contributed by atoms with E-state index in [1.54, 1.807) is 0 Å². The minimum atomic E-state index is 0.641. The number of nitrogens with two attached hydrogens (primary N) is 1. The maximum absolute atomic E-state index is 5.49. The Bertz CT molecular complexity index is 418. The van der Waals surface area contributed by atoms with Gasteiger partial charge in [0.15, 0.2) is 0 Å². The van der Waals surface area contributed by atoms with Crippen molar-refractivity contribution in [3.63, 3.8) is 0 Å². The summed E-state index contributed by atoms with van der Waals surface area (Å²) in [5, 5.41) is 0. The van der Waals surface area contributed by atoms with Crippen LogP contribution in [0.15, 0.2) is 18.6 Å². The average Bonchev–Trinajstić information content (AvgIpc) is 2.49. The third-order valence-electron chi connectivity index (χ3n) is 1.97. The molecule has 2 heterocycles. The minimum Gasteiger partial charge on any atom is -0.330 e. The second-order valence-electron chi connectivity index (χ2n) is 3.09. The molecule has 0 saturated heterocycles. The van der Waals surface area contributed by atoms with E-state index < -0.39 is 0 Å². The Labute approximate surface area is 76.4 Å². The molecule has 2 N–H and O–H groups in total. The summed E-state index contributed by atoms with van der Waals surface area (Å²) < 4.78 is 1.99. The van der Waals surface area contributed by atoms with Crippen molar-refractivity contribution in [1.82, 2.24) is 14.4 Å². The van der Waals surface area contributed by atoms with Gasteiger partial charge in [-0.05, 0) is 19.0 Å². The Morgan fingerprint density at radius 3 is 2.92 bits per heavy atom. The second kappa shape index (κ2) is 3.14. The molecule has 0 bridgehead atoms. The van der Waals surface area contributed by atoms with E-state index >= 15 is 0 Å². The van der Waals surface area contributed by atoms with E-state index in [4.69, 9.17) is 5.73 Å².